The van der Waals surface area contributed by atoms with E-state index in [1.54, 1.807) is 0 Å². The smallest absolute Gasteiger partial charge is 0.0547 e. The summed E-state index contributed by atoms with van der Waals surface area (Å²) >= 11 is 0. The number of benzene rings is 9. The van der Waals surface area contributed by atoms with Gasteiger partial charge < -0.3 is 9.47 Å². The number of nitrogens with zero attached hydrogens (tertiary/aromatic N) is 2. The first-order valence-electron chi connectivity index (χ1n) is 17.9. The second-order valence-corrected chi connectivity index (χ2v) is 13.3. The molecule has 52 heavy (non-hydrogen) atoms. The molecule has 0 bridgehead atoms. The van der Waals surface area contributed by atoms with Crippen molar-refractivity contribution in [3.63, 3.8) is 0 Å². The predicted octanol–water partition coefficient (Wildman–Crippen LogP) is 13.9. The molecule has 0 saturated carbocycles. The van der Waals surface area contributed by atoms with Crippen LogP contribution in [0.5, 0.6) is 0 Å². The van der Waals surface area contributed by atoms with Gasteiger partial charge >= 0.3 is 0 Å². The van der Waals surface area contributed by atoms with E-state index in [1.807, 2.05) is 0 Å². The molecule has 10 aromatic rings. The Labute approximate surface area is 303 Å². The molecule has 0 spiro atoms. The quantitative estimate of drug-likeness (QED) is 0.172. The van der Waals surface area contributed by atoms with E-state index in [4.69, 9.17) is 0 Å². The molecule has 0 saturated heterocycles. The van der Waals surface area contributed by atoms with Crippen LogP contribution in [0.2, 0.25) is 0 Å². The van der Waals surface area contributed by atoms with Gasteiger partial charge in [-0.2, -0.15) is 0 Å². The minimum atomic E-state index is 1.11. The lowest BCUT2D eigenvalue weighted by Gasteiger charge is -2.28. The third-order valence-corrected chi connectivity index (χ3v) is 10.4. The highest BCUT2D eigenvalue weighted by Gasteiger charge is 2.21. The third-order valence-electron chi connectivity index (χ3n) is 10.4. The van der Waals surface area contributed by atoms with Crippen molar-refractivity contribution in [3.05, 3.63) is 206 Å². The van der Waals surface area contributed by atoms with Gasteiger partial charge in [-0.15, -0.1) is 0 Å². The van der Waals surface area contributed by atoms with Crippen LogP contribution >= 0.6 is 0 Å². The van der Waals surface area contributed by atoms with Gasteiger partial charge in [-0.1, -0.05) is 152 Å². The van der Waals surface area contributed by atoms with Crippen LogP contribution in [0, 0.1) is 0 Å². The summed E-state index contributed by atoms with van der Waals surface area (Å²) in [6, 6.07) is 74.7. The Bertz CT molecular complexity index is 2900. The van der Waals surface area contributed by atoms with Crippen molar-refractivity contribution < 1.29 is 0 Å². The largest absolute Gasteiger partial charge is 0.310 e. The number of hydrogen-bond donors (Lipinski definition) is 0. The van der Waals surface area contributed by atoms with Crippen LogP contribution in [-0.4, -0.2) is 4.57 Å². The number of anilines is 3. The molecule has 0 atom stereocenters. The standard InChI is InChI=1S/C50H34N2/c1-2-18-40(19-3-1)51(41-32-30-36(31-33-41)39-29-28-35-14-4-5-16-38(35)34-39)47-24-10-8-21-43(47)44-23-13-27-49-50(44)45-22-9-11-25-48(45)52(49)46-26-12-17-37-15-6-7-20-42(37)46/h1-34H. The second-order valence-electron chi connectivity index (χ2n) is 13.3. The average Bonchev–Trinajstić information content (AvgIpc) is 3.56. The van der Waals surface area contributed by atoms with Crippen LogP contribution < -0.4 is 4.90 Å². The van der Waals surface area contributed by atoms with Crippen molar-refractivity contribution in [2.45, 2.75) is 0 Å². The Balaban J connectivity index is 1.16. The van der Waals surface area contributed by atoms with Crippen molar-refractivity contribution in [3.8, 4) is 27.9 Å². The summed E-state index contributed by atoms with van der Waals surface area (Å²) in [7, 11) is 0. The van der Waals surface area contributed by atoms with E-state index in [1.165, 1.54) is 71.3 Å². The summed E-state index contributed by atoms with van der Waals surface area (Å²) in [5.74, 6) is 0. The maximum absolute atomic E-state index is 2.44. The molecule has 1 heterocycles. The number of hydrogen-bond acceptors (Lipinski definition) is 1. The fraction of sp³-hybridized carbons (Fsp3) is 0. The maximum atomic E-state index is 2.44. The van der Waals surface area contributed by atoms with E-state index in [-0.39, 0.29) is 0 Å². The normalized spacial score (nSPS) is 11.5. The third kappa shape index (κ3) is 4.96. The lowest BCUT2D eigenvalue weighted by atomic mass is 9.96. The summed E-state index contributed by atoms with van der Waals surface area (Å²) < 4.78 is 2.44. The maximum Gasteiger partial charge on any atom is 0.0547 e. The lowest BCUT2D eigenvalue weighted by Crippen LogP contribution is -2.11. The van der Waals surface area contributed by atoms with Crippen LogP contribution in [0.4, 0.5) is 17.1 Å². The zero-order valence-corrected chi connectivity index (χ0v) is 28.5. The highest BCUT2D eigenvalue weighted by molar-refractivity contribution is 6.17. The van der Waals surface area contributed by atoms with Gasteiger partial charge in [0.15, 0.2) is 0 Å². The number of fused-ring (bicyclic) bond motifs is 5. The Morgan fingerprint density at radius 1 is 0.346 bits per heavy atom. The van der Waals surface area contributed by atoms with E-state index in [0.29, 0.717) is 0 Å². The van der Waals surface area contributed by atoms with Crippen LogP contribution in [-0.2, 0) is 0 Å². The highest BCUT2D eigenvalue weighted by Crippen LogP contribution is 2.45. The number of para-hydroxylation sites is 3. The van der Waals surface area contributed by atoms with Gasteiger partial charge in [-0.25, -0.2) is 0 Å². The van der Waals surface area contributed by atoms with Crippen molar-refractivity contribution in [1.82, 2.24) is 4.57 Å². The first-order valence-corrected chi connectivity index (χ1v) is 17.9. The summed E-state index contributed by atoms with van der Waals surface area (Å²) in [5, 5.41) is 7.46. The fourth-order valence-corrected chi connectivity index (χ4v) is 7.98. The molecule has 244 valence electrons. The molecule has 0 aliphatic heterocycles. The molecule has 2 nitrogen and oxygen atoms in total. The number of aromatic nitrogens is 1. The molecule has 2 heteroatoms. The molecule has 10 rings (SSSR count). The monoisotopic (exact) mass is 662 g/mol. The first-order chi connectivity index (χ1) is 25.8. The summed E-state index contributed by atoms with van der Waals surface area (Å²) in [5.41, 5.74) is 11.7. The first kappa shape index (κ1) is 30.0. The molecule has 9 aromatic carbocycles. The highest BCUT2D eigenvalue weighted by atomic mass is 15.1. The van der Waals surface area contributed by atoms with Crippen molar-refractivity contribution in [2.24, 2.45) is 0 Å². The Morgan fingerprint density at radius 3 is 1.81 bits per heavy atom. The SMILES string of the molecule is c1ccc(N(c2ccc(-c3ccc4ccccc4c3)cc2)c2ccccc2-c2cccc3c2c2ccccc2n3-c2cccc3ccccc23)cc1. The average molecular weight is 663 g/mol. The van der Waals surface area contributed by atoms with Crippen molar-refractivity contribution in [1.29, 1.82) is 0 Å². The van der Waals surface area contributed by atoms with Gasteiger partial charge in [-0.05, 0) is 87.4 Å². The predicted molar refractivity (Wildman–Crippen MR) is 221 cm³/mol. The van der Waals surface area contributed by atoms with E-state index in [0.717, 1.165) is 17.1 Å². The molecule has 0 unspecified atom stereocenters. The minimum absolute atomic E-state index is 1.11. The van der Waals surface area contributed by atoms with Gasteiger partial charge in [0, 0.05) is 33.1 Å². The summed E-state index contributed by atoms with van der Waals surface area (Å²) in [6.45, 7) is 0. The van der Waals surface area contributed by atoms with Crippen molar-refractivity contribution in [2.75, 3.05) is 4.90 Å². The zero-order chi connectivity index (χ0) is 34.4. The van der Waals surface area contributed by atoms with Gasteiger partial charge in [-0.3, -0.25) is 0 Å². The van der Waals surface area contributed by atoms with Gasteiger partial charge in [0.25, 0.3) is 0 Å². The van der Waals surface area contributed by atoms with Crippen LogP contribution in [0.15, 0.2) is 206 Å². The van der Waals surface area contributed by atoms with E-state index in [9.17, 15) is 0 Å². The molecule has 0 amide bonds. The van der Waals surface area contributed by atoms with Gasteiger partial charge in [0.05, 0.1) is 22.4 Å². The Morgan fingerprint density at radius 2 is 0.942 bits per heavy atom. The molecular weight excluding hydrogens is 629 g/mol. The molecule has 0 N–H and O–H groups in total. The summed E-state index contributed by atoms with van der Waals surface area (Å²) in [4.78, 5) is 2.39. The molecule has 0 radical (unpaired) electrons. The van der Waals surface area contributed by atoms with Gasteiger partial charge in [0.1, 0.15) is 0 Å². The van der Waals surface area contributed by atoms with Crippen LogP contribution in [0.3, 0.4) is 0 Å². The van der Waals surface area contributed by atoms with Crippen LogP contribution in [0.25, 0.3) is 71.3 Å². The Kier molecular flexibility index (Phi) is 7.18. The fourth-order valence-electron chi connectivity index (χ4n) is 7.98. The molecule has 0 aliphatic carbocycles. The molecule has 1 aromatic heterocycles. The molecule has 0 aliphatic rings. The molecule has 0 fully saturated rings. The Hall–Kier alpha value is -6.90. The van der Waals surface area contributed by atoms with Gasteiger partial charge in [0.2, 0.25) is 0 Å². The lowest BCUT2D eigenvalue weighted by molar-refractivity contribution is 1.20. The minimum Gasteiger partial charge on any atom is -0.310 e. The topological polar surface area (TPSA) is 8.17 Å². The summed E-state index contributed by atoms with van der Waals surface area (Å²) in [6.07, 6.45) is 0. The molecular formula is C50H34N2. The van der Waals surface area contributed by atoms with E-state index >= 15 is 0 Å². The van der Waals surface area contributed by atoms with Crippen molar-refractivity contribution >= 4 is 60.4 Å². The zero-order valence-electron chi connectivity index (χ0n) is 28.5. The van der Waals surface area contributed by atoms with Crippen LogP contribution in [0.1, 0.15) is 0 Å². The second kappa shape index (κ2) is 12.5. The number of rotatable bonds is 6. The van der Waals surface area contributed by atoms with E-state index < -0.39 is 0 Å². The van der Waals surface area contributed by atoms with E-state index in [2.05, 4.69) is 216 Å².